The Kier molecular flexibility index (Phi) is 24.1. The van der Waals surface area contributed by atoms with E-state index >= 15 is 0 Å². The van der Waals surface area contributed by atoms with E-state index in [1.54, 1.807) is 9.80 Å². The van der Waals surface area contributed by atoms with Gasteiger partial charge in [-0.05, 0) is 117 Å². The predicted octanol–water partition coefficient (Wildman–Crippen LogP) is 11.3. The molecule has 3 aliphatic rings. The monoisotopic (exact) mass is 1540 g/mol. The van der Waals surface area contributed by atoms with Gasteiger partial charge in [-0.15, -0.1) is 0 Å². The summed E-state index contributed by atoms with van der Waals surface area (Å²) in [6, 6.07) is 42.6. The van der Waals surface area contributed by atoms with Gasteiger partial charge in [0.1, 0.15) is 71.6 Å². The molecule has 6 aromatic heterocycles. The molecule has 0 saturated carbocycles. The van der Waals surface area contributed by atoms with Gasteiger partial charge < -0.3 is 47.4 Å². The van der Waals surface area contributed by atoms with E-state index in [0.717, 1.165) is 108 Å². The SMILES string of the molecule is C=CC(=O)N1CCC[C@@H](n2nc(-c3ccc(CN(C)C(=O)c4cc(F)ccc4F)cc3)c3c(N)ncnc32)C1.CCC(=O)N1CCC[C@@H](n2nc(-c3ccc(CNC(=O)c4ccccc4C)cc3)c3c(N)ncnc32)C1.Cc1ccccc1C(=O)NCc1ccc(-c2nn([C@@H]3CCCN(C(=O)CC#N)C3)c3ncnc(N)c23)cc1. The van der Waals surface area contributed by atoms with Crippen molar-refractivity contribution in [3.05, 3.63) is 227 Å². The molecule has 114 heavy (non-hydrogen) atoms. The van der Waals surface area contributed by atoms with E-state index in [9.17, 15) is 37.5 Å². The summed E-state index contributed by atoms with van der Waals surface area (Å²) in [5.41, 5.74) is 30.8. The maximum atomic E-state index is 14.1. The second-order valence-corrected chi connectivity index (χ2v) is 28.4. The van der Waals surface area contributed by atoms with E-state index in [4.69, 9.17) is 37.8 Å². The molecule has 0 unspecified atom stereocenters. The molecule has 6 aromatic carbocycles. The molecule has 9 heterocycles. The van der Waals surface area contributed by atoms with Crippen LogP contribution in [0.5, 0.6) is 0 Å². The first-order valence-electron chi connectivity index (χ1n) is 37.6. The minimum atomic E-state index is -0.777. The lowest BCUT2D eigenvalue weighted by Crippen LogP contribution is -2.40. The van der Waals surface area contributed by atoms with Crippen LogP contribution in [0.25, 0.3) is 66.9 Å². The molecule has 6 amide bonds. The zero-order valence-electron chi connectivity index (χ0n) is 63.6. The number of carbonyl (C=O) groups excluding carboxylic acids is 6. The van der Waals surface area contributed by atoms with E-state index in [1.165, 1.54) is 37.0 Å². The van der Waals surface area contributed by atoms with Gasteiger partial charge in [-0.1, -0.05) is 123 Å². The normalized spacial score (nSPS) is 15.4. The summed E-state index contributed by atoms with van der Waals surface area (Å²) in [4.78, 5) is 107. The molecule has 3 aliphatic heterocycles. The Bertz CT molecular complexity index is 5650. The molecule has 3 atom stereocenters. The number of nitrogen functional groups attached to an aromatic ring is 3. The largest absolute Gasteiger partial charge is 0.383 e. The minimum absolute atomic E-state index is 0.0192. The fourth-order valence-electron chi connectivity index (χ4n) is 14.8. The summed E-state index contributed by atoms with van der Waals surface area (Å²) in [6.07, 6.45) is 11.0. The average Bonchev–Trinajstić information content (AvgIpc) is 1.62. The standard InChI is InChI=1S/C28H27F2N7O2.C28H28N8O2.C28H31N7O2/c1-3-23(38)36-12-4-5-20(15-36)37-27-24(26(31)32-16-33-27)25(34-37)18-8-6-17(7-9-18)14-35(2)28(39)21-13-19(29)10-11-22(21)30;1-18-5-2-3-7-22(18)28(38)31-15-19-8-10-20(11-9-19)25-24-26(30)32-17-33-27(24)36(34-25)21-6-4-14-35(16-21)23(37)12-13-29;1-3-23(36)34-14-6-8-21(16-34)35-27-24(26(29)31-17-32-27)25(33-35)20-12-10-19(11-13-20)15-30-28(37)22-9-5-4-7-18(22)2/h3,6-11,13,16,20H,1,4-5,12,14-15H2,2H3,(H2,31,32,33);2-3,5,7-11,17,21H,4,6,12,14-16H2,1H3,(H,31,38)(H2,30,32,33);4-5,7,9-13,17,21H,3,6,8,14-16H2,1-2H3,(H,30,37)(H2,29,31,32)/t20-;2*21-/m111/s1. The van der Waals surface area contributed by atoms with Gasteiger partial charge in [-0.25, -0.2) is 52.7 Å². The molecule has 30 heteroatoms. The summed E-state index contributed by atoms with van der Waals surface area (Å²) >= 11 is 0. The number of hydrogen-bond acceptors (Lipinski definition) is 19. The molecule has 582 valence electrons. The Labute approximate surface area is 655 Å². The smallest absolute Gasteiger partial charge is 0.256 e. The van der Waals surface area contributed by atoms with Crippen molar-refractivity contribution in [3.8, 4) is 39.8 Å². The highest BCUT2D eigenvalue weighted by Gasteiger charge is 2.33. The van der Waals surface area contributed by atoms with Crippen LogP contribution >= 0.6 is 0 Å². The number of anilines is 3. The number of nitriles is 1. The number of nitrogens with one attached hydrogen (secondary N) is 2. The van der Waals surface area contributed by atoms with Gasteiger partial charge in [-0.3, -0.25) is 28.8 Å². The van der Waals surface area contributed by atoms with Crippen LogP contribution in [0, 0.1) is 36.8 Å². The number of benzene rings is 6. The number of aromatic nitrogens is 12. The predicted molar refractivity (Wildman–Crippen MR) is 428 cm³/mol. The number of nitrogens with two attached hydrogens (primary N) is 3. The summed E-state index contributed by atoms with van der Waals surface area (Å²) in [7, 11) is 1.53. The van der Waals surface area contributed by atoms with Gasteiger partial charge in [0.15, 0.2) is 16.9 Å². The highest BCUT2D eigenvalue weighted by atomic mass is 19.1. The molecule has 15 rings (SSSR count). The number of nitrogens with zero attached hydrogens (tertiary/aromatic N) is 17. The van der Waals surface area contributed by atoms with Crippen LogP contribution in [0.1, 0.15) is 135 Å². The number of halogens is 2. The number of aryl methyl sites for hydroxylation is 2. The number of carbonyl (C=O) groups is 6. The molecule has 8 N–H and O–H groups in total. The number of fused-ring (bicyclic) bond motifs is 3. The molecule has 3 saturated heterocycles. The van der Waals surface area contributed by atoms with Crippen LogP contribution in [0.2, 0.25) is 0 Å². The van der Waals surface area contributed by atoms with Crippen LogP contribution in [0.15, 0.2) is 171 Å². The lowest BCUT2D eigenvalue weighted by Gasteiger charge is -2.32. The number of piperidine rings is 3. The van der Waals surface area contributed by atoms with Gasteiger partial charge in [0.25, 0.3) is 17.7 Å². The van der Waals surface area contributed by atoms with Crippen LogP contribution in [-0.2, 0) is 34.0 Å². The van der Waals surface area contributed by atoms with Crippen LogP contribution in [0.4, 0.5) is 26.2 Å². The first kappa shape index (κ1) is 78.4. The van der Waals surface area contributed by atoms with Crippen molar-refractivity contribution in [2.45, 2.75) is 110 Å². The molecule has 0 aliphatic carbocycles. The van der Waals surface area contributed by atoms with E-state index in [1.807, 2.05) is 167 Å². The Morgan fingerprint density at radius 2 is 0.930 bits per heavy atom. The van der Waals surface area contributed by atoms with Gasteiger partial charge in [0, 0.05) is 100 Å². The van der Waals surface area contributed by atoms with E-state index in [-0.39, 0.29) is 66.2 Å². The topological polar surface area (TPSA) is 372 Å². The van der Waals surface area contributed by atoms with Crippen LogP contribution in [-0.4, -0.2) is 161 Å². The van der Waals surface area contributed by atoms with Crippen LogP contribution in [0.3, 0.4) is 0 Å². The van der Waals surface area contributed by atoms with Crippen molar-refractivity contribution in [1.82, 2.24) is 89.5 Å². The summed E-state index contributed by atoms with van der Waals surface area (Å²) in [5.74, 6) is -1.43. The highest BCUT2D eigenvalue weighted by molar-refractivity contribution is 6.01. The Balaban J connectivity index is 0.000000149. The van der Waals surface area contributed by atoms with Crippen LogP contribution < -0.4 is 27.8 Å². The summed E-state index contributed by atoms with van der Waals surface area (Å²) in [5, 5.41) is 31.6. The van der Waals surface area contributed by atoms with E-state index in [2.05, 4.69) is 47.1 Å². The Hall–Kier alpha value is -13.7. The fourth-order valence-corrected chi connectivity index (χ4v) is 14.8. The van der Waals surface area contributed by atoms with Gasteiger partial charge >= 0.3 is 0 Å². The van der Waals surface area contributed by atoms with Gasteiger partial charge in [-0.2, -0.15) is 20.6 Å². The molecular formula is C84H86F2N22O6. The average molecular weight is 1540 g/mol. The number of amides is 6. The zero-order chi connectivity index (χ0) is 80.3. The third-order valence-corrected chi connectivity index (χ3v) is 20.8. The van der Waals surface area contributed by atoms with Crippen molar-refractivity contribution < 1.29 is 37.5 Å². The third kappa shape index (κ3) is 17.2. The lowest BCUT2D eigenvalue weighted by atomic mass is 10.1. The molecular weight excluding hydrogens is 1450 g/mol. The van der Waals surface area contributed by atoms with Crippen molar-refractivity contribution in [1.29, 1.82) is 5.26 Å². The van der Waals surface area contributed by atoms with Gasteiger partial charge in [0.05, 0.1) is 45.9 Å². The Morgan fingerprint density at radius 3 is 1.33 bits per heavy atom. The van der Waals surface area contributed by atoms with Crippen molar-refractivity contribution in [3.63, 3.8) is 0 Å². The van der Waals surface area contributed by atoms with Crippen molar-refractivity contribution >= 4 is 86.0 Å². The summed E-state index contributed by atoms with van der Waals surface area (Å²) in [6.45, 7) is 13.9. The second-order valence-electron chi connectivity index (χ2n) is 28.4. The molecule has 0 bridgehead atoms. The van der Waals surface area contributed by atoms with E-state index in [0.29, 0.717) is 131 Å². The lowest BCUT2D eigenvalue weighted by molar-refractivity contribution is -0.133. The van der Waals surface area contributed by atoms with E-state index < -0.39 is 17.5 Å². The number of rotatable bonds is 18. The maximum Gasteiger partial charge on any atom is 0.256 e. The van der Waals surface area contributed by atoms with Crippen molar-refractivity contribution in [2.24, 2.45) is 0 Å². The fraction of sp³-hybridized carbons (Fsp3) is 0.286. The first-order valence-corrected chi connectivity index (χ1v) is 37.6. The highest BCUT2D eigenvalue weighted by Crippen LogP contribution is 2.38. The van der Waals surface area contributed by atoms with Gasteiger partial charge in [0.2, 0.25) is 17.7 Å². The molecule has 3 fully saturated rings. The molecule has 0 radical (unpaired) electrons. The van der Waals surface area contributed by atoms with Crippen molar-refractivity contribution in [2.75, 3.05) is 63.5 Å². The minimum Gasteiger partial charge on any atom is -0.383 e. The first-order chi connectivity index (χ1) is 55.2. The molecule has 0 spiro atoms. The number of likely N-dealkylation sites (tertiary alicyclic amines) is 3. The summed E-state index contributed by atoms with van der Waals surface area (Å²) < 4.78 is 33.2. The third-order valence-electron chi connectivity index (χ3n) is 20.8. The quantitative estimate of drug-likeness (QED) is 0.0498. The zero-order valence-corrected chi connectivity index (χ0v) is 63.6. The maximum absolute atomic E-state index is 14.1. The Morgan fingerprint density at radius 1 is 0.535 bits per heavy atom. The number of hydrogen-bond donors (Lipinski definition) is 5. The molecule has 12 aromatic rings. The second kappa shape index (κ2) is 35.1. The molecule has 28 nitrogen and oxygen atoms in total.